The van der Waals surface area contributed by atoms with E-state index in [1.807, 2.05) is 0 Å². The van der Waals surface area contributed by atoms with Gasteiger partial charge in [0, 0.05) is 19.4 Å². The lowest BCUT2D eigenvalue weighted by Gasteiger charge is -2.19. The Labute approximate surface area is 307 Å². The van der Waals surface area contributed by atoms with E-state index in [1.54, 1.807) is 0 Å². The number of esters is 2. The molecular weight excluding hydrogens is 653 g/mol. The predicted octanol–water partition coefficient (Wildman–Crippen LogP) is 11.7. The van der Waals surface area contributed by atoms with E-state index in [0.29, 0.717) is 6.42 Å². The van der Waals surface area contributed by atoms with Gasteiger partial charge in [0.2, 0.25) is 0 Å². The highest BCUT2D eigenvalue weighted by Gasteiger charge is 2.26. The summed E-state index contributed by atoms with van der Waals surface area (Å²) in [4.78, 5) is 34.4. The average Bonchev–Trinajstić information content (AvgIpc) is 3.10. The third-order valence-corrected chi connectivity index (χ3v) is 10.2. The van der Waals surface area contributed by atoms with E-state index >= 15 is 0 Å². The number of phosphoric ester groups is 1. The number of phosphoric acid groups is 1. The van der Waals surface area contributed by atoms with Crippen molar-refractivity contribution >= 4 is 19.8 Å². The van der Waals surface area contributed by atoms with Crippen LogP contribution in [0.15, 0.2) is 0 Å². The van der Waals surface area contributed by atoms with Crippen molar-refractivity contribution in [2.45, 2.75) is 219 Å². The topological polar surface area (TPSA) is 134 Å². The van der Waals surface area contributed by atoms with Gasteiger partial charge in [-0.3, -0.25) is 18.6 Å². The number of rotatable bonds is 40. The van der Waals surface area contributed by atoms with Gasteiger partial charge in [-0.25, -0.2) is 4.57 Å². The SMILES string of the molecule is CCCCCCCCCCCCCCCCCCCCCCCCCCC(=O)OC(COC(=O)CCCCCCC)COP(=O)(O)OCCN. The fraction of sp³-hybridized carbons (Fsp3) is 0.950. The van der Waals surface area contributed by atoms with Crippen LogP contribution in [-0.2, 0) is 32.7 Å². The van der Waals surface area contributed by atoms with Gasteiger partial charge in [-0.05, 0) is 12.8 Å². The first kappa shape index (κ1) is 49.0. The molecule has 0 aliphatic carbocycles. The molecule has 0 aromatic heterocycles. The van der Waals surface area contributed by atoms with E-state index in [9.17, 15) is 19.0 Å². The van der Waals surface area contributed by atoms with Crippen molar-refractivity contribution in [3.8, 4) is 0 Å². The highest BCUT2D eigenvalue weighted by Crippen LogP contribution is 2.43. The van der Waals surface area contributed by atoms with Gasteiger partial charge in [0.15, 0.2) is 6.10 Å². The van der Waals surface area contributed by atoms with Crippen molar-refractivity contribution in [2.24, 2.45) is 5.73 Å². The molecule has 0 aliphatic heterocycles. The first-order valence-corrected chi connectivity index (χ1v) is 22.5. The molecule has 0 saturated heterocycles. The van der Waals surface area contributed by atoms with Gasteiger partial charge in [0.1, 0.15) is 6.61 Å². The number of ether oxygens (including phenoxy) is 2. The molecule has 0 radical (unpaired) electrons. The Balaban J connectivity index is 3.84. The molecule has 0 aliphatic rings. The number of carbonyl (C=O) groups is 2. The monoisotopic (exact) mass is 734 g/mol. The van der Waals surface area contributed by atoms with Gasteiger partial charge in [0.05, 0.1) is 13.2 Å². The molecule has 0 bridgehead atoms. The van der Waals surface area contributed by atoms with E-state index < -0.39 is 26.5 Å². The number of hydrogen-bond donors (Lipinski definition) is 2. The Bertz CT molecular complexity index is 799. The van der Waals surface area contributed by atoms with Crippen LogP contribution in [0.5, 0.6) is 0 Å². The second-order valence-corrected chi connectivity index (χ2v) is 15.7. The molecule has 0 rings (SSSR count). The van der Waals surface area contributed by atoms with Crippen molar-refractivity contribution in [3.05, 3.63) is 0 Å². The molecule has 9 nitrogen and oxygen atoms in total. The molecule has 0 saturated carbocycles. The maximum atomic E-state index is 12.5. The number of unbranched alkanes of at least 4 members (excludes halogenated alkanes) is 27. The van der Waals surface area contributed by atoms with E-state index in [-0.39, 0.29) is 38.6 Å². The maximum absolute atomic E-state index is 12.5. The summed E-state index contributed by atoms with van der Waals surface area (Å²) in [6.45, 7) is 3.66. The van der Waals surface area contributed by atoms with Crippen LogP contribution in [0.3, 0.4) is 0 Å². The van der Waals surface area contributed by atoms with E-state index in [4.69, 9.17) is 24.3 Å². The van der Waals surface area contributed by atoms with Crippen LogP contribution in [0, 0.1) is 0 Å². The van der Waals surface area contributed by atoms with Crippen molar-refractivity contribution in [2.75, 3.05) is 26.4 Å². The molecule has 50 heavy (non-hydrogen) atoms. The zero-order valence-electron chi connectivity index (χ0n) is 32.7. The smallest absolute Gasteiger partial charge is 0.462 e. The minimum atomic E-state index is -4.36. The van der Waals surface area contributed by atoms with Gasteiger partial charge in [-0.15, -0.1) is 0 Å². The number of hydrogen-bond acceptors (Lipinski definition) is 8. The minimum Gasteiger partial charge on any atom is -0.462 e. The molecule has 3 N–H and O–H groups in total. The number of carbonyl (C=O) groups excluding carboxylic acids is 2. The van der Waals surface area contributed by atoms with Crippen molar-refractivity contribution in [1.29, 1.82) is 0 Å². The minimum absolute atomic E-state index is 0.0573. The second-order valence-electron chi connectivity index (χ2n) is 14.2. The van der Waals surface area contributed by atoms with Crippen LogP contribution in [-0.4, -0.2) is 49.3 Å². The van der Waals surface area contributed by atoms with Gasteiger partial charge < -0.3 is 20.1 Å². The summed E-state index contributed by atoms with van der Waals surface area (Å²) < 4.78 is 32.5. The quantitative estimate of drug-likeness (QED) is 0.0358. The van der Waals surface area contributed by atoms with Crippen LogP contribution in [0.2, 0.25) is 0 Å². The molecule has 0 amide bonds. The molecule has 298 valence electrons. The Morgan fingerprint density at radius 2 is 0.860 bits per heavy atom. The van der Waals surface area contributed by atoms with Crippen LogP contribution in [0.4, 0.5) is 0 Å². The van der Waals surface area contributed by atoms with Gasteiger partial charge in [-0.2, -0.15) is 0 Å². The zero-order chi connectivity index (χ0) is 36.8. The first-order chi connectivity index (χ1) is 24.3. The molecular formula is C40H80NO8P. The fourth-order valence-corrected chi connectivity index (χ4v) is 6.87. The molecule has 0 heterocycles. The normalized spacial score (nSPS) is 13.3. The Morgan fingerprint density at radius 3 is 1.22 bits per heavy atom. The lowest BCUT2D eigenvalue weighted by Crippen LogP contribution is -2.29. The van der Waals surface area contributed by atoms with Crippen LogP contribution in [0.1, 0.15) is 213 Å². The molecule has 0 aromatic carbocycles. The summed E-state index contributed by atoms with van der Waals surface area (Å²) in [7, 11) is -4.36. The molecule has 0 fully saturated rings. The fourth-order valence-electron chi connectivity index (χ4n) is 6.11. The summed E-state index contributed by atoms with van der Waals surface area (Å²) in [6.07, 6.45) is 36.2. The van der Waals surface area contributed by atoms with E-state index in [0.717, 1.165) is 44.9 Å². The summed E-state index contributed by atoms with van der Waals surface area (Å²) >= 11 is 0. The largest absolute Gasteiger partial charge is 0.472 e. The predicted molar refractivity (Wildman–Crippen MR) is 206 cm³/mol. The van der Waals surface area contributed by atoms with Crippen molar-refractivity contribution in [1.82, 2.24) is 0 Å². The Morgan fingerprint density at radius 1 is 0.520 bits per heavy atom. The molecule has 2 atom stereocenters. The van der Waals surface area contributed by atoms with E-state index in [2.05, 4.69) is 13.8 Å². The van der Waals surface area contributed by atoms with Crippen LogP contribution < -0.4 is 5.73 Å². The number of nitrogens with two attached hydrogens (primary N) is 1. The molecule has 0 aromatic rings. The Hall–Kier alpha value is -0.990. The standard InChI is InChI=1S/C40H80NO8P/c1-3-5-7-9-10-11-12-13-14-15-16-17-18-19-20-21-22-23-24-25-26-27-29-31-33-40(43)49-38(37-48-50(44,45)47-35-34-41)36-46-39(42)32-30-28-8-6-4-2/h38H,3-37,41H2,1-2H3,(H,44,45). The van der Waals surface area contributed by atoms with E-state index in [1.165, 1.54) is 135 Å². The lowest BCUT2D eigenvalue weighted by atomic mass is 10.0. The summed E-state index contributed by atoms with van der Waals surface area (Å²) in [5.41, 5.74) is 5.32. The van der Waals surface area contributed by atoms with Crippen LogP contribution >= 0.6 is 7.82 Å². The highest BCUT2D eigenvalue weighted by molar-refractivity contribution is 7.47. The lowest BCUT2D eigenvalue weighted by molar-refractivity contribution is -0.161. The summed E-state index contributed by atoms with van der Waals surface area (Å²) in [5, 5.41) is 0. The zero-order valence-corrected chi connectivity index (χ0v) is 33.6. The summed E-state index contributed by atoms with van der Waals surface area (Å²) in [5.74, 6) is -0.831. The molecule has 10 heteroatoms. The molecule has 0 spiro atoms. The third kappa shape index (κ3) is 36.8. The average molecular weight is 734 g/mol. The molecule has 2 unspecified atom stereocenters. The van der Waals surface area contributed by atoms with Crippen LogP contribution in [0.25, 0.3) is 0 Å². The van der Waals surface area contributed by atoms with Gasteiger partial charge >= 0.3 is 19.8 Å². The second kappa shape index (κ2) is 37.8. The third-order valence-electron chi connectivity index (χ3n) is 9.24. The first-order valence-electron chi connectivity index (χ1n) is 21.0. The Kier molecular flexibility index (Phi) is 37.0. The van der Waals surface area contributed by atoms with Crippen molar-refractivity contribution in [3.63, 3.8) is 0 Å². The maximum Gasteiger partial charge on any atom is 0.472 e. The highest BCUT2D eigenvalue weighted by atomic mass is 31.2. The van der Waals surface area contributed by atoms with Gasteiger partial charge in [-0.1, -0.05) is 187 Å². The summed E-state index contributed by atoms with van der Waals surface area (Å²) in [6, 6.07) is 0. The van der Waals surface area contributed by atoms with Crippen molar-refractivity contribution < 1.29 is 37.6 Å². The van der Waals surface area contributed by atoms with Gasteiger partial charge in [0.25, 0.3) is 0 Å².